The summed E-state index contributed by atoms with van der Waals surface area (Å²) < 4.78 is 26.9. The third-order valence-corrected chi connectivity index (χ3v) is 5.97. The molecule has 0 spiro atoms. The van der Waals surface area contributed by atoms with Gasteiger partial charge in [0.1, 0.15) is 11.6 Å². The van der Waals surface area contributed by atoms with Gasteiger partial charge in [-0.25, -0.2) is 13.8 Å². The number of nitrogens with zero attached hydrogens (tertiary/aromatic N) is 2. The van der Waals surface area contributed by atoms with E-state index in [-0.39, 0.29) is 35.9 Å². The van der Waals surface area contributed by atoms with Gasteiger partial charge < -0.3 is 10.6 Å². The quantitative estimate of drug-likeness (QED) is 0.645. The average Bonchev–Trinajstić information content (AvgIpc) is 3.11. The zero-order valence-electron chi connectivity index (χ0n) is 16.0. The number of piperidine rings is 1. The SMILES string of the molecule is O=C(CN1CCC(C(=O)Nc2ccc(F)cc2)CC1)Nc1nc2ccc(F)cc2s1. The summed E-state index contributed by atoms with van der Waals surface area (Å²) in [6, 6.07) is 9.98. The maximum Gasteiger partial charge on any atom is 0.240 e. The standard InChI is InChI=1S/C21H20F2N4O2S/c22-14-1-4-16(5-2-14)24-20(29)13-7-9-27(10-8-13)12-19(28)26-21-25-17-6-3-15(23)11-18(17)30-21/h1-6,11,13H,7-10,12H2,(H,24,29)(H,25,26,28). The first kappa shape index (κ1) is 20.4. The average molecular weight is 430 g/mol. The molecular formula is C21H20F2N4O2S. The van der Waals surface area contributed by atoms with Crippen LogP contribution in [0.25, 0.3) is 10.2 Å². The highest BCUT2D eigenvalue weighted by molar-refractivity contribution is 7.22. The Balaban J connectivity index is 1.25. The van der Waals surface area contributed by atoms with Gasteiger partial charge in [0.05, 0.1) is 16.8 Å². The number of anilines is 2. The summed E-state index contributed by atoms with van der Waals surface area (Å²) in [5, 5.41) is 6.01. The molecule has 3 aromatic rings. The highest BCUT2D eigenvalue weighted by atomic mass is 32.1. The second kappa shape index (κ2) is 8.85. The number of fused-ring (bicyclic) bond motifs is 1. The molecule has 0 aliphatic carbocycles. The van der Waals surface area contributed by atoms with E-state index in [9.17, 15) is 18.4 Å². The van der Waals surface area contributed by atoms with E-state index in [1.54, 1.807) is 6.07 Å². The third-order valence-electron chi connectivity index (χ3n) is 5.03. The summed E-state index contributed by atoms with van der Waals surface area (Å²) in [6.07, 6.45) is 1.28. The first-order valence-corrected chi connectivity index (χ1v) is 10.4. The number of hydrogen-bond donors (Lipinski definition) is 2. The number of rotatable bonds is 5. The molecule has 2 amide bonds. The van der Waals surface area contributed by atoms with Crippen LogP contribution in [0, 0.1) is 17.6 Å². The largest absolute Gasteiger partial charge is 0.326 e. The molecule has 1 aliphatic rings. The summed E-state index contributed by atoms with van der Waals surface area (Å²) in [5.74, 6) is -1.11. The molecule has 6 nitrogen and oxygen atoms in total. The first-order valence-electron chi connectivity index (χ1n) is 9.61. The predicted octanol–water partition coefficient (Wildman–Crippen LogP) is 3.86. The van der Waals surface area contributed by atoms with Crippen molar-refractivity contribution in [3.05, 3.63) is 54.1 Å². The lowest BCUT2D eigenvalue weighted by atomic mass is 9.96. The molecule has 1 saturated heterocycles. The monoisotopic (exact) mass is 430 g/mol. The van der Waals surface area contributed by atoms with Crippen LogP contribution in [0.5, 0.6) is 0 Å². The van der Waals surface area contributed by atoms with Gasteiger partial charge in [-0.1, -0.05) is 11.3 Å². The molecule has 1 aromatic heterocycles. The van der Waals surface area contributed by atoms with Crippen LogP contribution < -0.4 is 10.6 Å². The van der Waals surface area contributed by atoms with E-state index in [4.69, 9.17) is 0 Å². The number of likely N-dealkylation sites (tertiary alicyclic amines) is 1. The van der Waals surface area contributed by atoms with Gasteiger partial charge in [-0.05, 0) is 68.4 Å². The van der Waals surface area contributed by atoms with Crippen LogP contribution in [-0.4, -0.2) is 41.3 Å². The van der Waals surface area contributed by atoms with Crippen molar-refractivity contribution in [3.8, 4) is 0 Å². The maximum atomic E-state index is 13.3. The maximum absolute atomic E-state index is 13.3. The molecule has 4 rings (SSSR count). The molecule has 0 unspecified atom stereocenters. The van der Waals surface area contributed by atoms with Gasteiger partial charge in [0.2, 0.25) is 11.8 Å². The van der Waals surface area contributed by atoms with Crippen molar-refractivity contribution in [2.24, 2.45) is 5.92 Å². The van der Waals surface area contributed by atoms with Crippen molar-refractivity contribution in [3.63, 3.8) is 0 Å². The van der Waals surface area contributed by atoms with Crippen LogP contribution in [0.1, 0.15) is 12.8 Å². The van der Waals surface area contributed by atoms with Crippen molar-refractivity contribution in [1.29, 1.82) is 0 Å². The minimum atomic E-state index is -0.349. The molecule has 9 heteroatoms. The van der Waals surface area contributed by atoms with Crippen LogP contribution in [-0.2, 0) is 9.59 Å². The zero-order chi connectivity index (χ0) is 21.1. The van der Waals surface area contributed by atoms with E-state index in [1.807, 2.05) is 4.90 Å². The number of halogens is 2. The van der Waals surface area contributed by atoms with E-state index < -0.39 is 0 Å². The fourth-order valence-electron chi connectivity index (χ4n) is 3.44. The number of nitrogens with one attached hydrogen (secondary N) is 2. The summed E-state index contributed by atoms with van der Waals surface area (Å²) >= 11 is 1.23. The van der Waals surface area contributed by atoms with Crippen LogP contribution >= 0.6 is 11.3 Å². The van der Waals surface area contributed by atoms with Gasteiger partial charge in [-0.3, -0.25) is 14.5 Å². The molecule has 0 atom stereocenters. The van der Waals surface area contributed by atoms with E-state index in [1.165, 1.54) is 47.7 Å². The molecule has 1 aliphatic heterocycles. The Morgan fingerprint density at radius 1 is 1.03 bits per heavy atom. The second-order valence-electron chi connectivity index (χ2n) is 7.23. The smallest absolute Gasteiger partial charge is 0.240 e. The Morgan fingerprint density at radius 2 is 1.73 bits per heavy atom. The number of aromatic nitrogens is 1. The Bertz CT molecular complexity index is 1060. The fourth-order valence-corrected chi connectivity index (χ4v) is 4.35. The van der Waals surface area contributed by atoms with Gasteiger partial charge in [-0.15, -0.1) is 0 Å². The Labute approximate surface area is 175 Å². The summed E-state index contributed by atoms with van der Waals surface area (Å²) in [4.78, 5) is 31.0. The topological polar surface area (TPSA) is 74.3 Å². The van der Waals surface area contributed by atoms with Gasteiger partial charge in [-0.2, -0.15) is 0 Å². The molecule has 0 radical (unpaired) electrons. The fraction of sp³-hybridized carbons (Fsp3) is 0.286. The summed E-state index contributed by atoms with van der Waals surface area (Å²) in [7, 11) is 0. The summed E-state index contributed by atoms with van der Waals surface area (Å²) in [5.41, 5.74) is 1.21. The number of thiazole rings is 1. The Hall–Kier alpha value is -2.91. The Morgan fingerprint density at radius 3 is 2.47 bits per heavy atom. The van der Waals surface area contributed by atoms with E-state index in [2.05, 4.69) is 15.6 Å². The van der Waals surface area contributed by atoms with Crippen molar-refractivity contribution in [2.45, 2.75) is 12.8 Å². The molecule has 156 valence electrons. The molecule has 0 bridgehead atoms. The van der Waals surface area contributed by atoms with Crippen LogP contribution in [0.4, 0.5) is 19.6 Å². The van der Waals surface area contributed by atoms with Gasteiger partial charge in [0.25, 0.3) is 0 Å². The van der Waals surface area contributed by atoms with E-state index in [0.717, 1.165) is 0 Å². The van der Waals surface area contributed by atoms with Crippen molar-refractivity contribution >= 4 is 44.2 Å². The molecule has 2 aromatic carbocycles. The molecule has 1 fully saturated rings. The summed E-state index contributed by atoms with van der Waals surface area (Å²) in [6.45, 7) is 1.45. The van der Waals surface area contributed by atoms with Crippen LogP contribution in [0.3, 0.4) is 0 Å². The van der Waals surface area contributed by atoms with Crippen LogP contribution in [0.2, 0.25) is 0 Å². The zero-order valence-corrected chi connectivity index (χ0v) is 16.8. The highest BCUT2D eigenvalue weighted by Gasteiger charge is 2.26. The molecule has 2 N–H and O–H groups in total. The number of carbonyl (C=O) groups excluding carboxylic acids is 2. The lowest BCUT2D eigenvalue weighted by Gasteiger charge is -2.30. The normalized spacial score (nSPS) is 15.3. The molecule has 30 heavy (non-hydrogen) atoms. The van der Waals surface area contributed by atoms with Crippen LogP contribution in [0.15, 0.2) is 42.5 Å². The minimum absolute atomic E-state index is 0.0904. The minimum Gasteiger partial charge on any atom is -0.326 e. The van der Waals surface area contributed by atoms with Crippen molar-refractivity contribution < 1.29 is 18.4 Å². The highest BCUT2D eigenvalue weighted by Crippen LogP contribution is 2.26. The Kier molecular flexibility index (Phi) is 6.01. The number of benzene rings is 2. The van der Waals surface area contributed by atoms with Crippen molar-refractivity contribution in [1.82, 2.24) is 9.88 Å². The van der Waals surface area contributed by atoms with Gasteiger partial charge in [0, 0.05) is 11.6 Å². The number of hydrogen-bond acceptors (Lipinski definition) is 5. The van der Waals surface area contributed by atoms with Crippen molar-refractivity contribution in [2.75, 3.05) is 30.3 Å². The predicted molar refractivity (Wildman–Crippen MR) is 112 cm³/mol. The van der Waals surface area contributed by atoms with Gasteiger partial charge in [0.15, 0.2) is 5.13 Å². The van der Waals surface area contributed by atoms with Gasteiger partial charge >= 0.3 is 0 Å². The lowest BCUT2D eigenvalue weighted by Crippen LogP contribution is -2.41. The lowest BCUT2D eigenvalue weighted by molar-refractivity contribution is -0.121. The second-order valence-corrected chi connectivity index (χ2v) is 8.26. The number of carbonyl (C=O) groups is 2. The molecule has 0 saturated carbocycles. The number of amides is 2. The third kappa shape index (κ3) is 4.98. The van der Waals surface area contributed by atoms with E-state index in [0.29, 0.717) is 47.0 Å². The molecular weight excluding hydrogens is 410 g/mol. The first-order chi connectivity index (χ1) is 14.5. The molecule has 2 heterocycles. The van der Waals surface area contributed by atoms with E-state index >= 15 is 0 Å².